The molecule has 2 aromatic carbocycles. The highest BCUT2D eigenvalue weighted by molar-refractivity contribution is 7.89. The average molecular weight is 471 g/mol. The first kappa shape index (κ1) is 23.4. The monoisotopic (exact) mass is 470 g/mol. The zero-order chi connectivity index (χ0) is 23.4. The van der Waals surface area contributed by atoms with Gasteiger partial charge in [-0.2, -0.15) is 4.31 Å². The molecule has 8 nitrogen and oxygen atoms in total. The number of sulfonamides is 1. The third-order valence-electron chi connectivity index (χ3n) is 6.48. The number of nitrogens with zero attached hydrogens (tertiary/aromatic N) is 3. The van der Waals surface area contributed by atoms with E-state index < -0.39 is 10.0 Å². The maximum absolute atomic E-state index is 12.9. The van der Waals surface area contributed by atoms with E-state index >= 15 is 0 Å². The Morgan fingerprint density at radius 3 is 2.18 bits per heavy atom. The molecule has 9 heteroatoms. The van der Waals surface area contributed by atoms with Crippen LogP contribution in [0.4, 0.5) is 0 Å². The zero-order valence-corrected chi connectivity index (χ0v) is 19.4. The van der Waals surface area contributed by atoms with Gasteiger partial charge in [0, 0.05) is 57.3 Å². The fourth-order valence-electron chi connectivity index (χ4n) is 4.48. The van der Waals surface area contributed by atoms with Crippen molar-refractivity contribution in [1.82, 2.24) is 14.1 Å². The lowest BCUT2D eigenvalue weighted by Crippen LogP contribution is -2.48. The van der Waals surface area contributed by atoms with Gasteiger partial charge in [-0.1, -0.05) is 30.3 Å². The van der Waals surface area contributed by atoms with E-state index in [2.05, 4.69) is 4.90 Å². The Kier molecular flexibility index (Phi) is 7.11. The first-order chi connectivity index (χ1) is 15.8. The molecule has 0 unspecified atom stereocenters. The van der Waals surface area contributed by atoms with Gasteiger partial charge in [-0.25, -0.2) is 8.42 Å². The quantitative estimate of drug-likeness (QED) is 0.690. The largest absolute Gasteiger partial charge is 0.369 e. The van der Waals surface area contributed by atoms with Crippen molar-refractivity contribution in [3.63, 3.8) is 0 Å². The SMILES string of the molecule is NC(=O)C1CCN(C(=O)c2cccc(CN3CCN(S(=O)(=O)c4ccccc4)CC3)c2)CC1. The van der Waals surface area contributed by atoms with Crippen molar-refractivity contribution in [3.05, 3.63) is 65.7 Å². The van der Waals surface area contributed by atoms with Crippen molar-refractivity contribution in [2.24, 2.45) is 11.7 Å². The van der Waals surface area contributed by atoms with E-state index in [1.165, 1.54) is 4.31 Å². The Morgan fingerprint density at radius 1 is 0.879 bits per heavy atom. The van der Waals surface area contributed by atoms with Gasteiger partial charge in [0.05, 0.1) is 4.90 Å². The van der Waals surface area contributed by atoms with Crippen LogP contribution in [-0.4, -0.2) is 73.6 Å². The van der Waals surface area contributed by atoms with E-state index in [4.69, 9.17) is 5.73 Å². The van der Waals surface area contributed by atoms with Crippen LogP contribution in [0.15, 0.2) is 59.5 Å². The van der Waals surface area contributed by atoms with Crippen LogP contribution in [-0.2, 0) is 21.4 Å². The van der Waals surface area contributed by atoms with Crippen molar-refractivity contribution in [2.45, 2.75) is 24.3 Å². The maximum Gasteiger partial charge on any atom is 0.253 e. The standard InChI is InChI=1S/C24H30N4O4S/c25-23(29)20-9-11-27(12-10-20)24(30)21-6-4-5-19(17-21)18-26-13-15-28(16-14-26)33(31,32)22-7-2-1-3-8-22/h1-8,17,20H,9-16,18H2,(H2,25,29). The molecule has 0 spiro atoms. The van der Waals surface area contributed by atoms with Gasteiger partial charge in [0.1, 0.15) is 0 Å². The van der Waals surface area contributed by atoms with E-state index in [1.807, 2.05) is 24.3 Å². The number of nitrogens with two attached hydrogens (primary N) is 1. The first-order valence-electron chi connectivity index (χ1n) is 11.3. The Hall–Kier alpha value is -2.75. The lowest BCUT2D eigenvalue weighted by molar-refractivity contribution is -0.123. The highest BCUT2D eigenvalue weighted by Crippen LogP contribution is 2.21. The lowest BCUT2D eigenvalue weighted by atomic mass is 9.95. The number of amides is 2. The molecule has 2 N–H and O–H groups in total. The van der Waals surface area contributed by atoms with Gasteiger partial charge in [-0.3, -0.25) is 14.5 Å². The highest BCUT2D eigenvalue weighted by atomic mass is 32.2. The van der Waals surface area contributed by atoms with Crippen LogP contribution in [0.3, 0.4) is 0 Å². The van der Waals surface area contributed by atoms with Crippen molar-refractivity contribution < 1.29 is 18.0 Å². The van der Waals surface area contributed by atoms with E-state index in [1.54, 1.807) is 35.2 Å². The van der Waals surface area contributed by atoms with E-state index in [0.717, 1.165) is 5.56 Å². The second kappa shape index (κ2) is 10.0. The summed E-state index contributed by atoms with van der Waals surface area (Å²) in [5.41, 5.74) is 7.04. The molecule has 4 rings (SSSR count). The number of carbonyl (C=O) groups excluding carboxylic acids is 2. The van der Waals surface area contributed by atoms with Crippen LogP contribution in [0.5, 0.6) is 0 Å². The van der Waals surface area contributed by atoms with Gasteiger partial charge in [0.25, 0.3) is 5.91 Å². The summed E-state index contributed by atoms with van der Waals surface area (Å²) in [6, 6.07) is 16.1. The summed E-state index contributed by atoms with van der Waals surface area (Å²) >= 11 is 0. The van der Waals surface area contributed by atoms with Crippen LogP contribution < -0.4 is 5.73 Å². The molecule has 0 atom stereocenters. The minimum absolute atomic E-state index is 0.0291. The Balaban J connectivity index is 1.33. The highest BCUT2D eigenvalue weighted by Gasteiger charge is 2.29. The van der Waals surface area contributed by atoms with Crippen molar-refractivity contribution >= 4 is 21.8 Å². The Labute approximate surface area is 195 Å². The molecule has 0 bridgehead atoms. The molecule has 2 heterocycles. The fourth-order valence-corrected chi connectivity index (χ4v) is 5.92. The molecule has 0 radical (unpaired) electrons. The molecule has 2 aliphatic rings. The van der Waals surface area contributed by atoms with Crippen LogP contribution in [0.1, 0.15) is 28.8 Å². The molecule has 0 aliphatic carbocycles. The van der Waals surface area contributed by atoms with Gasteiger partial charge in [-0.05, 0) is 42.7 Å². The smallest absolute Gasteiger partial charge is 0.253 e. The molecule has 2 aromatic rings. The molecule has 2 amide bonds. The number of piperazine rings is 1. The predicted octanol–water partition coefficient (Wildman–Crippen LogP) is 1.53. The molecular formula is C24H30N4O4S. The van der Waals surface area contributed by atoms with Gasteiger partial charge in [0.2, 0.25) is 15.9 Å². The molecule has 0 aromatic heterocycles. The number of rotatable bonds is 6. The lowest BCUT2D eigenvalue weighted by Gasteiger charge is -2.34. The summed E-state index contributed by atoms with van der Waals surface area (Å²) in [5.74, 6) is -0.468. The third kappa shape index (κ3) is 5.43. The van der Waals surface area contributed by atoms with Gasteiger partial charge < -0.3 is 10.6 Å². The molecule has 2 aliphatic heterocycles. The average Bonchev–Trinajstić information content (AvgIpc) is 2.85. The molecule has 176 valence electrons. The summed E-state index contributed by atoms with van der Waals surface area (Å²) in [6.45, 7) is 3.86. The van der Waals surface area contributed by atoms with E-state index in [-0.39, 0.29) is 17.7 Å². The summed E-state index contributed by atoms with van der Waals surface area (Å²) in [7, 11) is -3.47. The number of hydrogen-bond acceptors (Lipinski definition) is 5. The first-order valence-corrected chi connectivity index (χ1v) is 12.7. The number of benzene rings is 2. The molecule has 33 heavy (non-hydrogen) atoms. The van der Waals surface area contributed by atoms with Gasteiger partial charge in [-0.15, -0.1) is 0 Å². The van der Waals surface area contributed by atoms with E-state index in [9.17, 15) is 18.0 Å². The molecular weight excluding hydrogens is 440 g/mol. The van der Waals surface area contributed by atoms with Gasteiger partial charge in [0.15, 0.2) is 0 Å². The Morgan fingerprint density at radius 2 is 1.55 bits per heavy atom. The Bertz CT molecular complexity index is 1090. The van der Waals surface area contributed by atoms with E-state index in [0.29, 0.717) is 69.1 Å². The second-order valence-corrected chi connectivity index (χ2v) is 10.6. The van der Waals surface area contributed by atoms with Crippen LogP contribution in [0, 0.1) is 5.92 Å². The van der Waals surface area contributed by atoms with Crippen molar-refractivity contribution in [2.75, 3.05) is 39.3 Å². The van der Waals surface area contributed by atoms with Gasteiger partial charge >= 0.3 is 0 Å². The molecule has 2 fully saturated rings. The minimum atomic E-state index is -3.47. The number of hydrogen-bond donors (Lipinski definition) is 1. The van der Waals surface area contributed by atoms with Crippen molar-refractivity contribution in [3.8, 4) is 0 Å². The summed E-state index contributed by atoms with van der Waals surface area (Å²) < 4.78 is 27.2. The summed E-state index contributed by atoms with van der Waals surface area (Å²) in [6.07, 6.45) is 1.22. The number of carbonyl (C=O) groups is 2. The molecule has 2 saturated heterocycles. The number of primary amides is 1. The van der Waals surface area contributed by atoms with Crippen LogP contribution in [0.2, 0.25) is 0 Å². The zero-order valence-electron chi connectivity index (χ0n) is 18.6. The van der Waals surface area contributed by atoms with Crippen LogP contribution in [0.25, 0.3) is 0 Å². The number of piperidine rings is 1. The molecule has 0 saturated carbocycles. The summed E-state index contributed by atoms with van der Waals surface area (Å²) in [4.78, 5) is 28.6. The predicted molar refractivity (Wildman–Crippen MR) is 125 cm³/mol. The van der Waals surface area contributed by atoms with Crippen LogP contribution >= 0.6 is 0 Å². The topological polar surface area (TPSA) is 104 Å². The fraction of sp³-hybridized carbons (Fsp3) is 0.417. The number of likely N-dealkylation sites (tertiary alicyclic amines) is 1. The summed E-state index contributed by atoms with van der Waals surface area (Å²) in [5, 5.41) is 0. The normalized spacial score (nSPS) is 18.8. The third-order valence-corrected chi connectivity index (χ3v) is 8.39. The maximum atomic E-state index is 12.9. The minimum Gasteiger partial charge on any atom is -0.369 e. The second-order valence-electron chi connectivity index (χ2n) is 8.66. The van der Waals surface area contributed by atoms with Crippen molar-refractivity contribution in [1.29, 1.82) is 0 Å².